The van der Waals surface area contributed by atoms with Gasteiger partial charge in [0.2, 0.25) is 5.91 Å². The van der Waals surface area contributed by atoms with E-state index in [9.17, 15) is 42.6 Å². The van der Waals surface area contributed by atoms with Crippen molar-refractivity contribution in [1.29, 1.82) is 0 Å². The van der Waals surface area contributed by atoms with E-state index in [1.807, 2.05) is 0 Å². The second kappa shape index (κ2) is 14.7. The van der Waals surface area contributed by atoms with Crippen LogP contribution in [0.3, 0.4) is 0 Å². The first-order valence-corrected chi connectivity index (χ1v) is 17.6. The van der Waals surface area contributed by atoms with Crippen LogP contribution < -0.4 is 19.7 Å². The fourth-order valence-corrected chi connectivity index (χ4v) is 6.96. The second-order valence-corrected chi connectivity index (χ2v) is 13.5. The van der Waals surface area contributed by atoms with E-state index in [0.717, 1.165) is 11.0 Å². The molecule has 1 unspecified atom stereocenters. The van der Waals surface area contributed by atoms with Crippen molar-refractivity contribution >= 4 is 79.6 Å². The van der Waals surface area contributed by atoms with Crippen molar-refractivity contribution in [2.24, 2.45) is 0 Å². The van der Waals surface area contributed by atoms with Gasteiger partial charge in [0.25, 0.3) is 10.2 Å². The van der Waals surface area contributed by atoms with Crippen molar-refractivity contribution in [1.82, 2.24) is 34.4 Å². The molecule has 1 aliphatic heterocycles. The van der Waals surface area contributed by atoms with Gasteiger partial charge in [-0.05, 0) is 70.6 Å². The fourth-order valence-electron chi connectivity index (χ4n) is 5.89. The number of tetrazole rings is 1. The van der Waals surface area contributed by atoms with Gasteiger partial charge in [0.05, 0.1) is 16.9 Å². The average molecular weight is 765 g/mol. The third kappa shape index (κ3) is 7.64. The maximum absolute atomic E-state index is 14.1. The van der Waals surface area contributed by atoms with Crippen LogP contribution in [0.4, 0.5) is 21.9 Å². The lowest BCUT2D eigenvalue weighted by Gasteiger charge is -2.38. The number of amides is 3. The topological polar surface area (TPSA) is 251 Å². The number of anilines is 3. The van der Waals surface area contributed by atoms with Crippen LogP contribution in [0.1, 0.15) is 23.0 Å². The summed E-state index contributed by atoms with van der Waals surface area (Å²) in [5.41, 5.74) is 1.08. The lowest BCUT2D eigenvalue weighted by molar-refractivity contribution is -0.149. The molecule has 1 fully saturated rings. The molecule has 3 aromatic carbocycles. The zero-order chi connectivity index (χ0) is 38.0. The van der Waals surface area contributed by atoms with Crippen LogP contribution in [-0.4, -0.2) is 104 Å². The van der Waals surface area contributed by atoms with E-state index < -0.39 is 51.7 Å². The van der Waals surface area contributed by atoms with Crippen LogP contribution in [0, 0.1) is 0 Å². The lowest BCUT2D eigenvalue weighted by atomic mass is 10.0. The molecule has 19 nitrogen and oxygen atoms in total. The molecule has 3 amide bonds. The molecule has 5 aromatic rings. The molecule has 274 valence electrons. The Bertz CT molecular complexity index is 2370. The molecule has 1 atom stereocenters. The number of hydrogen-bond acceptors (Lipinski definition) is 10. The highest BCUT2D eigenvalue weighted by molar-refractivity contribution is 7.90. The normalized spacial score (nSPS) is 14.0. The van der Waals surface area contributed by atoms with Gasteiger partial charge < -0.3 is 25.3 Å². The number of aromatic carboxylic acids is 1. The third-order valence-electron chi connectivity index (χ3n) is 8.21. The number of carbonyl (C=O) groups excluding carboxylic acids is 3. The second-order valence-electron chi connectivity index (χ2n) is 11.6. The van der Waals surface area contributed by atoms with E-state index in [2.05, 4.69) is 30.3 Å². The minimum atomic E-state index is -3.82. The minimum Gasteiger partial charge on any atom is -0.477 e. The number of carboxylic acid groups (broad SMARTS) is 2. The predicted molar refractivity (Wildman–Crippen MR) is 189 cm³/mol. The molecule has 1 aliphatic rings. The van der Waals surface area contributed by atoms with Gasteiger partial charge in [0.1, 0.15) is 18.1 Å². The number of fused-ring (bicyclic) bond motifs is 1. The first-order valence-electron chi connectivity index (χ1n) is 15.7. The summed E-state index contributed by atoms with van der Waals surface area (Å²) in [6, 6.07) is 14.6. The van der Waals surface area contributed by atoms with Gasteiger partial charge in [0, 0.05) is 47.8 Å². The summed E-state index contributed by atoms with van der Waals surface area (Å²) in [5.74, 6) is -4.16. The van der Waals surface area contributed by atoms with E-state index >= 15 is 0 Å². The van der Waals surface area contributed by atoms with Crippen molar-refractivity contribution < 1.29 is 42.6 Å². The number of carbonyl (C=O) groups is 5. The monoisotopic (exact) mass is 764 g/mol. The maximum atomic E-state index is 14.1. The Morgan fingerprint density at radius 1 is 0.925 bits per heavy atom. The summed E-state index contributed by atoms with van der Waals surface area (Å²) in [4.78, 5) is 67.5. The highest BCUT2D eigenvalue weighted by Gasteiger charge is 2.40. The molecular formula is C32H29ClN10O9S. The van der Waals surface area contributed by atoms with Gasteiger partial charge in [-0.3, -0.25) is 19.1 Å². The molecule has 0 aliphatic carbocycles. The molecule has 5 N–H and O–H groups in total. The van der Waals surface area contributed by atoms with Gasteiger partial charge in [-0.15, -0.1) is 5.10 Å². The number of aromatic nitrogens is 5. The molecule has 0 bridgehead atoms. The molecule has 6 rings (SSSR count). The Kier molecular flexibility index (Phi) is 10.1. The number of nitrogens with zero attached hydrogens (tertiary/aromatic N) is 7. The van der Waals surface area contributed by atoms with Crippen molar-refractivity contribution in [2.45, 2.75) is 19.4 Å². The largest absolute Gasteiger partial charge is 0.477 e. The Morgan fingerprint density at radius 3 is 2.32 bits per heavy atom. The van der Waals surface area contributed by atoms with Crippen LogP contribution in [0.5, 0.6) is 0 Å². The number of rotatable bonds is 12. The Hall–Kier alpha value is -6.38. The van der Waals surface area contributed by atoms with E-state index in [0.29, 0.717) is 15.8 Å². The van der Waals surface area contributed by atoms with Crippen molar-refractivity contribution in [3.8, 4) is 5.69 Å². The number of nitrogens with one attached hydrogen (secondary N) is 3. The average Bonchev–Trinajstić information content (AvgIpc) is 3.78. The smallest absolute Gasteiger partial charge is 0.416 e. The summed E-state index contributed by atoms with van der Waals surface area (Å²) in [6.07, 6.45) is -0.318. The molecule has 53 heavy (non-hydrogen) atoms. The van der Waals surface area contributed by atoms with E-state index in [4.69, 9.17) is 11.6 Å². The number of piperazine rings is 1. The van der Waals surface area contributed by atoms with Gasteiger partial charge in [0.15, 0.2) is 0 Å². The van der Waals surface area contributed by atoms with E-state index in [1.165, 1.54) is 52.3 Å². The van der Waals surface area contributed by atoms with Crippen LogP contribution in [-0.2, 0) is 31.0 Å². The summed E-state index contributed by atoms with van der Waals surface area (Å²) >= 11 is 6.26. The number of hydrogen-bond donors (Lipinski definition) is 5. The predicted octanol–water partition coefficient (Wildman–Crippen LogP) is 2.19. The number of benzene rings is 3. The van der Waals surface area contributed by atoms with Crippen molar-refractivity contribution in [3.05, 3.63) is 89.3 Å². The van der Waals surface area contributed by atoms with Gasteiger partial charge in [-0.25, -0.2) is 14.2 Å². The van der Waals surface area contributed by atoms with Crippen molar-refractivity contribution in [3.63, 3.8) is 0 Å². The molecule has 21 heteroatoms. The highest BCUT2D eigenvalue weighted by atomic mass is 35.5. The number of carboxylic acids is 1. The molecule has 3 heterocycles. The minimum absolute atomic E-state index is 0.0540. The SMILES string of the molecule is CCNS(=O)(=O)Nc1ccc(CC(C(=O)Nc2ccc3c(c2)cc(C(=O)O)n3C(=O)O)N2CCN(c3cc(Cl)ccc3-n3cnnn3)C(=O)C2=O)cc1. The summed E-state index contributed by atoms with van der Waals surface area (Å²) < 4.78 is 30.9. The fraction of sp³-hybridized carbons (Fsp3) is 0.188. The zero-order valence-corrected chi connectivity index (χ0v) is 29.1. The molecule has 2 aromatic heterocycles. The number of halogens is 1. The zero-order valence-electron chi connectivity index (χ0n) is 27.5. The Morgan fingerprint density at radius 2 is 1.66 bits per heavy atom. The highest BCUT2D eigenvalue weighted by Crippen LogP contribution is 2.30. The molecule has 0 saturated carbocycles. The summed E-state index contributed by atoms with van der Waals surface area (Å²) in [7, 11) is -3.82. The molecule has 0 spiro atoms. The van der Waals surface area contributed by atoms with E-state index in [-0.39, 0.29) is 59.0 Å². The third-order valence-corrected chi connectivity index (χ3v) is 9.61. The van der Waals surface area contributed by atoms with Crippen LogP contribution in [0.15, 0.2) is 73.1 Å². The molecular weight excluding hydrogens is 736 g/mol. The standard InChI is InChI=1S/C32H29ClN10O9S/c1-2-35-53(51,52)37-21-6-3-18(4-7-21)13-26(28(44)36-22-8-10-23-19(14-22)15-27(31(47)48)43(23)32(49)50)41-12-11-40(29(45)30(41)46)25-16-20(33)5-9-24(25)42-17-34-38-39-42/h3-10,14-17,26,35,37H,2,11-13H2,1H3,(H,36,44)(H,47,48)(H,49,50). The first kappa shape index (κ1) is 36.4. The Labute approximate surface area is 304 Å². The van der Waals surface area contributed by atoms with Crippen molar-refractivity contribution in [2.75, 3.05) is 34.6 Å². The molecule has 1 saturated heterocycles. The van der Waals surface area contributed by atoms with Gasteiger partial charge in [-0.1, -0.05) is 30.7 Å². The van der Waals surface area contributed by atoms with Crippen LogP contribution in [0.2, 0.25) is 5.02 Å². The van der Waals surface area contributed by atoms with Gasteiger partial charge >= 0.3 is 23.9 Å². The van der Waals surface area contributed by atoms with Crippen LogP contribution >= 0.6 is 11.6 Å². The summed E-state index contributed by atoms with van der Waals surface area (Å²) in [6.45, 7) is 1.63. The lowest BCUT2D eigenvalue weighted by Crippen LogP contribution is -2.60. The first-order chi connectivity index (χ1) is 25.3. The maximum Gasteiger partial charge on any atom is 0.416 e. The molecule has 0 radical (unpaired) electrons. The van der Waals surface area contributed by atoms with E-state index in [1.54, 1.807) is 31.2 Å². The Balaban J connectivity index is 1.31. The summed E-state index contributed by atoms with van der Waals surface area (Å²) in [5, 5.41) is 33.4. The van der Waals surface area contributed by atoms with Gasteiger partial charge in [-0.2, -0.15) is 17.8 Å². The quantitative estimate of drug-likeness (QED) is 0.115. The van der Waals surface area contributed by atoms with Crippen LogP contribution in [0.25, 0.3) is 16.6 Å².